The van der Waals surface area contributed by atoms with Crippen LogP contribution in [0, 0.1) is 0 Å². The molecule has 0 bridgehead atoms. The van der Waals surface area contributed by atoms with E-state index in [4.69, 9.17) is 0 Å². The molecule has 186 valence electrons. The van der Waals surface area contributed by atoms with Crippen LogP contribution in [-0.4, -0.2) is 24.4 Å². The average Bonchev–Trinajstić information content (AvgIpc) is 2.93. The summed E-state index contributed by atoms with van der Waals surface area (Å²) in [4.78, 5) is 28.5. The van der Waals surface area contributed by atoms with E-state index >= 15 is 0 Å². The maximum absolute atomic E-state index is 13.2. The van der Waals surface area contributed by atoms with E-state index in [1.165, 1.54) is 11.1 Å². The van der Waals surface area contributed by atoms with Crippen LogP contribution >= 0.6 is 0 Å². The van der Waals surface area contributed by atoms with Crippen molar-refractivity contribution in [3.63, 3.8) is 0 Å². The Labute approximate surface area is 218 Å². The van der Waals surface area contributed by atoms with Crippen LogP contribution in [0.3, 0.4) is 0 Å². The second kappa shape index (κ2) is 10.7. The molecule has 37 heavy (non-hydrogen) atoms. The Hall–Kier alpha value is -4.38. The van der Waals surface area contributed by atoms with Crippen LogP contribution < -0.4 is 15.5 Å². The first-order chi connectivity index (χ1) is 18.0. The lowest BCUT2D eigenvalue weighted by atomic mass is 9.98. The van der Waals surface area contributed by atoms with Crippen molar-refractivity contribution >= 4 is 23.2 Å². The predicted octanol–water partition coefficient (Wildman–Crippen LogP) is 6.31. The van der Waals surface area contributed by atoms with Gasteiger partial charge in [-0.25, -0.2) is 0 Å². The van der Waals surface area contributed by atoms with Gasteiger partial charge in [0.1, 0.15) is 0 Å². The first-order valence-electron chi connectivity index (χ1n) is 12.7. The fraction of sp³-hybridized carbons (Fsp3) is 0.188. The molecule has 1 heterocycles. The van der Waals surface area contributed by atoms with Gasteiger partial charge in [-0.15, -0.1) is 0 Å². The van der Waals surface area contributed by atoms with Crippen LogP contribution in [0.2, 0.25) is 0 Å². The molecule has 0 unspecified atom stereocenters. The zero-order chi connectivity index (χ0) is 25.8. The van der Waals surface area contributed by atoms with Crippen molar-refractivity contribution in [2.75, 3.05) is 16.8 Å². The zero-order valence-corrected chi connectivity index (χ0v) is 21.2. The van der Waals surface area contributed by atoms with Gasteiger partial charge < -0.3 is 15.5 Å². The summed E-state index contributed by atoms with van der Waals surface area (Å²) in [7, 11) is 0. The molecule has 5 heteroatoms. The molecule has 0 spiro atoms. The molecule has 5 nitrogen and oxygen atoms in total. The number of hydrogen-bond acceptors (Lipinski definition) is 3. The summed E-state index contributed by atoms with van der Waals surface area (Å²) >= 11 is 0. The van der Waals surface area contributed by atoms with Gasteiger partial charge in [0, 0.05) is 36.1 Å². The van der Waals surface area contributed by atoms with E-state index in [2.05, 4.69) is 39.8 Å². The number of fused-ring (bicyclic) bond motifs is 1. The number of carbonyl (C=O) groups is 2. The Morgan fingerprint density at radius 2 is 1.43 bits per heavy atom. The van der Waals surface area contributed by atoms with E-state index < -0.39 is 0 Å². The van der Waals surface area contributed by atoms with Crippen molar-refractivity contribution in [1.29, 1.82) is 0 Å². The second-order valence-electron chi connectivity index (χ2n) is 9.70. The highest BCUT2D eigenvalue weighted by molar-refractivity contribution is 6.06. The van der Waals surface area contributed by atoms with Gasteiger partial charge in [0.05, 0.1) is 5.56 Å². The second-order valence-corrected chi connectivity index (χ2v) is 9.70. The summed E-state index contributed by atoms with van der Waals surface area (Å²) in [5.74, 6) is -0.360. The molecular formula is C32H31N3O2. The molecule has 0 fully saturated rings. The van der Waals surface area contributed by atoms with Crippen LogP contribution in [0.15, 0.2) is 97.1 Å². The smallest absolute Gasteiger partial charge is 0.255 e. The third kappa shape index (κ3) is 5.56. The van der Waals surface area contributed by atoms with Crippen molar-refractivity contribution in [2.24, 2.45) is 0 Å². The highest BCUT2D eigenvalue weighted by Crippen LogP contribution is 2.30. The number of nitrogens with zero attached hydrogens (tertiary/aromatic N) is 1. The molecule has 2 N–H and O–H groups in total. The average molecular weight is 490 g/mol. The van der Waals surface area contributed by atoms with Gasteiger partial charge in [-0.2, -0.15) is 0 Å². The van der Waals surface area contributed by atoms with E-state index in [9.17, 15) is 9.59 Å². The normalized spacial score (nSPS) is 12.7. The largest absolute Gasteiger partial charge is 0.366 e. The number of benzene rings is 4. The molecule has 0 aromatic heterocycles. The van der Waals surface area contributed by atoms with E-state index in [1.54, 1.807) is 6.07 Å². The first-order valence-corrected chi connectivity index (χ1v) is 12.7. The molecule has 4 aromatic rings. The monoisotopic (exact) mass is 489 g/mol. The van der Waals surface area contributed by atoms with Crippen molar-refractivity contribution in [3.05, 3.63) is 119 Å². The van der Waals surface area contributed by atoms with E-state index in [1.807, 2.05) is 80.6 Å². The zero-order valence-electron chi connectivity index (χ0n) is 21.2. The summed E-state index contributed by atoms with van der Waals surface area (Å²) in [5.41, 5.74) is 7.37. The number of carbonyl (C=O) groups excluding carboxylic acids is 2. The Balaban J connectivity index is 1.38. The molecular weight excluding hydrogens is 458 g/mol. The van der Waals surface area contributed by atoms with Crippen molar-refractivity contribution in [3.8, 4) is 11.1 Å². The lowest BCUT2D eigenvalue weighted by Gasteiger charge is -2.32. The third-order valence-corrected chi connectivity index (χ3v) is 6.64. The van der Waals surface area contributed by atoms with E-state index in [0.29, 0.717) is 16.8 Å². The minimum absolute atomic E-state index is 0.00353. The van der Waals surface area contributed by atoms with Gasteiger partial charge >= 0.3 is 0 Å². The van der Waals surface area contributed by atoms with Gasteiger partial charge in [-0.05, 0) is 72.9 Å². The molecule has 0 atom stereocenters. The number of anilines is 2. The maximum Gasteiger partial charge on any atom is 0.255 e. The van der Waals surface area contributed by atoms with Crippen LogP contribution in [-0.2, 0) is 13.0 Å². The maximum atomic E-state index is 13.2. The molecule has 0 saturated carbocycles. The molecule has 4 aromatic carbocycles. The number of hydrogen-bond donors (Lipinski definition) is 2. The number of rotatable bonds is 6. The van der Waals surface area contributed by atoms with E-state index in [-0.39, 0.29) is 17.9 Å². The standard InChI is InChI=1S/C32H31N3O2/c1-22(2)33-32(37)29-20-28(16-17-30(29)35-19-18-24-10-6-7-11-27(24)21-35)34-31(36)26-14-12-25(13-15-26)23-8-4-3-5-9-23/h3-17,20,22H,18-19,21H2,1-2H3,(H,33,37)(H,34,36). The quantitative estimate of drug-likeness (QED) is 0.334. The fourth-order valence-electron chi connectivity index (χ4n) is 4.76. The van der Waals surface area contributed by atoms with Crippen LogP contribution in [0.5, 0.6) is 0 Å². The number of amides is 2. The summed E-state index contributed by atoms with van der Waals surface area (Å²) in [6.07, 6.45) is 0.929. The highest BCUT2D eigenvalue weighted by Gasteiger charge is 2.22. The molecule has 0 radical (unpaired) electrons. The van der Waals surface area contributed by atoms with Crippen LogP contribution in [0.25, 0.3) is 11.1 Å². The number of nitrogens with one attached hydrogen (secondary N) is 2. The van der Waals surface area contributed by atoms with Crippen molar-refractivity contribution < 1.29 is 9.59 Å². The SMILES string of the molecule is CC(C)NC(=O)c1cc(NC(=O)c2ccc(-c3ccccc3)cc2)ccc1N1CCc2ccccc2C1. The third-order valence-electron chi connectivity index (χ3n) is 6.64. The molecule has 1 aliphatic heterocycles. The molecule has 0 aliphatic carbocycles. The Morgan fingerprint density at radius 3 is 2.16 bits per heavy atom. The van der Waals surface area contributed by atoms with E-state index in [0.717, 1.165) is 36.3 Å². The van der Waals surface area contributed by atoms with Gasteiger partial charge in [0.2, 0.25) is 0 Å². The fourth-order valence-corrected chi connectivity index (χ4v) is 4.76. The van der Waals surface area contributed by atoms with Crippen LogP contribution in [0.4, 0.5) is 11.4 Å². The lowest BCUT2D eigenvalue weighted by molar-refractivity contribution is 0.0942. The van der Waals surface area contributed by atoms with Gasteiger partial charge in [-0.3, -0.25) is 9.59 Å². The summed E-state index contributed by atoms with van der Waals surface area (Å²) in [6.45, 7) is 5.47. The molecule has 0 saturated heterocycles. The Kier molecular flexibility index (Phi) is 7.04. The Bertz CT molecular complexity index is 1410. The lowest BCUT2D eigenvalue weighted by Crippen LogP contribution is -2.35. The Morgan fingerprint density at radius 1 is 0.757 bits per heavy atom. The van der Waals surface area contributed by atoms with Gasteiger partial charge in [0.25, 0.3) is 11.8 Å². The van der Waals surface area contributed by atoms with Gasteiger partial charge in [-0.1, -0.05) is 66.7 Å². The highest BCUT2D eigenvalue weighted by atomic mass is 16.2. The molecule has 1 aliphatic rings. The predicted molar refractivity (Wildman–Crippen MR) is 150 cm³/mol. The minimum Gasteiger partial charge on any atom is -0.366 e. The summed E-state index contributed by atoms with van der Waals surface area (Å²) in [5, 5.41) is 5.99. The van der Waals surface area contributed by atoms with Gasteiger partial charge in [0.15, 0.2) is 0 Å². The topological polar surface area (TPSA) is 61.4 Å². The first kappa shape index (κ1) is 24.3. The van der Waals surface area contributed by atoms with Crippen molar-refractivity contribution in [2.45, 2.75) is 32.9 Å². The summed E-state index contributed by atoms with van der Waals surface area (Å²) < 4.78 is 0. The minimum atomic E-state index is -0.213. The van der Waals surface area contributed by atoms with Crippen molar-refractivity contribution in [1.82, 2.24) is 5.32 Å². The van der Waals surface area contributed by atoms with Crippen LogP contribution in [0.1, 0.15) is 45.7 Å². The molecule has 5 rings (SSSR count). The summed E-state index contributed by atoms with van der Waals surface area (Å²) in [6, 6.07) is 31.6. The molecule has 2 amide bonds.